The van der Waals surface area contributed by atoms with Gasteiger partial charge in [0, 0.05) is 9.92 Å². The largest absolute Gasteiger partial charge is 0.322 e. The lowest BCUT2D eigenvalue weighted by Gasteiger charge is -2.04. The molecule has 0 aliphatic heterocycles. The summed E-state index contributed by atoms with van der Waals surface area (Å²) in [6.45, 7) is 1.53. The van der Waals surface area contributed by atoms with Gasteiger partial charge in [-0.1, -0.05) is 23.4 Å². The Balaban J connectivity index is 2.44. The minimum Gasteiger partial charge on any atom is -0.258 e. The fourth-order valence-electron chi connectivity index (χ4n) is 1.40. The van der Waals surface area contributed by atoms with Crippen LogP contribution in [0.25, 0.3) is 0 Å². The minimum atomic E-state index is -0.510. The zero-order chi connectivity index (χ0) is 14.0. The van der Waals surface area contributed by atoms with Gasteiger partial charge < -0.3 is 0 Å². The van der Waals surface area contributed by atoms with Crippen molar-refractivity contribution in [2.45, 2.75) is 16.8 Å². The van der Waals surface area contributed by atoms with Crippen molar-refractivity contribution in [2.24, 2.45) is 0 Å². The Morgan fingerprint density at radius 1 is 1.21 bits per heavy atom. The Hall–Kier alpha value is -1.37. The summed E-state index contributed by atoms with van der Waals surface area (Å²) in [5.74, 6) is 0. The number of nitro groups is 1. The molecule has 98 valence electrons. The molecule has 0 fully saturated rings. The molecule has 19 heavy (non-hydrogen) atoms. The van der Waals surface area contributed by atoms with E-state index in [0.717, 1.165) is 16.7 Å². The standard InChI is InChI=1S/C11H7Cl2N3O2S/c1-6-9(16(17)18)10(15-11(13)14-6)19-8-4-2-7(12)3-5-8/h2-5H,1H3. The van der Waals surface area contributed by atoms with Crippen LogP contribution in [0.2, 0.25) is 10.3 Å². The maximum Gasteiger partial charge on any atom is 0.322 e. The van der Waals surface area contributed by atoms with Crippen LogP contribution in [0, 0.1) is 17.0 Å². The average Bonchev–Trinajstić information content (AvgIpc) is 2.30. The van der Waals surface area contributed by atoms with Crippen molar-refractivity contribution < 1.29 is 4.92 Å². The Morgan fingerprint density at radius 2 is 1.84 bits per heavy atom. The van der Waals surface area contributed by atoms with Gasteiger partial charge >= 0.3 is 5.69 Å². The smallest absolute Gasteiger partial charge is 0.258 e. The van der Waals surface area contributed by atoms with Crippen LogP contribution in [-0.4, -0.2) is 14.9 Å². The van der Waals surface area contributed by atoms with Crippen LogP contribution < -0.4 is 0 Å². The van der Waals surface area contributed by atoms with Gasteiger partial charge in [0.15, 0.2) is 5.03 Å². The second-order valence-electron chi connectivity index (χ2n) is 3.54. The lowest BCUT2D eigenvalue weighted by molar-refractivity contribution is -0.389. The summed E-state index contributed by atoms with van der Waals surface area (Å²) in [7, 11) is 0. The molecule has 1 aromatic carbocycles. The molecule has 2 rings (SSSR count). The van der Waals surface area contributed by atoms with Gasteiger partial charge in [0.2, 0.25) is 5.28 Å². The lowest BCUT2D eigenvalue weighted by atomic mass is 10.4. The second kappa shape index (κ2) is 5.73. The number of hydrogen-bond acceptors (Lipinski definition) is 5. The Kier molecular flexibility index (Phi) is 4.24. The van der Waals surface area contributed by atoms with Crippen LogP contribution in [0.5, 0.6) is 0 Å². The predicted molar refractivity (Wildman–Crippen MR) is 74.0 cm³/mol. The van der Waals surface area contributed by atoms with Crippen molar-refractivity contribution in [1.29, 1.82) is 0 Å². The van der Waals surface area contributed by atoms with Crippen molar-refractivity contribution >= 4 is 40.7 Å². The molecule has 2 aromatic rings. The first-order valence-corrected chi connectivity index (χ1v) is 6.66. The summed E-state index contributed by atoms with van der Waals surface area (Å²) in [5, 5.41) is 11.8. The summed E-state index contributed by atoms with van der Waals surface area (Å²) in [5.41, 5.74) is 0.103. The highest BCUT2D eigenvalue weighted by atomic mass is 35.5. The topological polar surface area (TPSA) is 68.9 Å². The fourth-order valence-corrected chi connectivity index (χ4v) is 2.74. The second-order valence-corrected chi connectivity index (χ2v) is 5.38. The molecule has 0 atom stereocenters. The van der Waals surface area contributed by atoms with E-state index in [2.05, 4.69) is 9.97 Å². The molecule has 1 aromatic heterocycles. The molecule has 0 unspecified atom stereocenters. The third-order valence-electron chi connectivity index (χ3n) is 2.21. The van der Waals surface area contributed by atoms with Gasteiger partial charge in [0.1, 0.15) is 5.69 Å². The first kappa shape index (κ1) is 14.0. The molecular weight excluding hydrogens is 309 g/mol. The van der Waals surface area contributed by atoms with E-state index in [4.69, 9.17) is 23.2 Å². The molecule has 1 heterocycles. The number of rotatable bonds is 3. The van der Waals surface area contributed by atoms with E-state index in [9.17, 15) is 10.1 Å². The lowest BCUT2D eigenvalue weighted by Crippen LogP contribution is -2.00. The Bertz CT molecular complexity index is 635. The third-order valence-corrected chi connectivity index (χ3v) is 3.62. The number of halogens is 2. The van der Waals surface area contributed by atoms with Crippen LogP contribution >= 0.6 is 35.0 Å². The van der Waals surface area contributed by atoms with Gasteiger partial charge in [-0.3, -0.25) is 10.1 Å². The van der Waals surface area contributed by atoms with Crippen molar-refractivity contribution in [3.05, 3.63) is 50.4 Å². The van der Waals surface area contributed by atoms with Gasteiger partial charge in [-0.05, 0) is 42.8 Å². The minimum absolute atomic E-state index is 0.0143. The van der Waals surface area contributed by atoms with Crippen molar-refractivity contribution in [1.82, 2.24) is 9.97 Å². The summed E-state index contributed by atoms with van der Waals surface area (Å²) in [4.78, 5) is 19.0. The molecule has 0 amide bonds. The molecular formula is C11H7Cl2N3O2S. The van der Waals surface area contributed by atoms with E-state index in [1.165, 1.54) is 6.92 Å². The van der Waals surface area contributed by atoms with Crippen LogP contribution in [0.1, 0.15) is 5.69 Å². The van der Waals surface area contributed by atoms with Gasteiger partial charge in [0.25, 0.3) is 0 Å². The maximum absolute atomic E-state index is 11.0. The highest BCUT2D eigenvalue weighted by Gasteiger charge is 2.22. The zero-order valence-corrected chi connectivity index (χ0v) is 12.0. The Labute approximate surface area is 123 Å². The van der Waals surface area contributed by atoms with Crippen molar-refractivity contribution in [3.8, 4) is 0 Å². The summed E-state index contributed by atoms with van der Waals surface area (Å²) in [6.07, 6.45) is 0. The van der Waals surface area contributed by atoms with Crippen molar-refractivity contribution in [3.63, 3.8) is 0 Å². The molecule has 0 radical (unpaired) electrons. The van der Waals surface area contributed by atoms with Crippen molar-refractivity contribution in [2.75, 3.05) is 0 Å². The van der Waals surface area contributed by atoms with E-state index in [0.29, 0.717) is 5.02 Å². The molecule has 0 saturated heterocycles. The van der Waals surface area contributed by atoms with Crippen LogP contribution in [-0.2, 0) is 0 Å². The van der Waals surface area contributed by atoms with Crippen LogP contribution in [0.3, 0.4) is 0 Å². The number of hydrogen-bond donors (Lipinski definition) is 0. The number of aryl methyl sites for hydroxylation is 1. The van der Waals surface area contributed by atoms with Gasteiger partial charge in [-0.25, -0.2) is 9.97 Å². The van der Waals surface area contributed by atoms with E-state index in [-0.39, 0.29) is 21.7 Å². The van der Waals surface area contributed by atoms with Gasteiger partial charge in [0.05, 0.1) is 4.92 Å². The first-order chi connectivity index (χ1) is 8.97. The highest BCUT2D eigenvalue weighted by molar-refractivity contribution is 7.99. The zero-order valence-electron chi connectivity index (χ0n) is 9.63. The summed E-state index contributed by atoms with van der Waals surface area (Å²) in [6, 6.07) is 6.90. The predicted octanol–water partition coefficient (Wildman–Crippen LogP) is 4.15. The number of benzene rings is 1. The SMILES string of the molecule is Cc1nc(Cl)nc(Sc2ccc(Cl)cc2)c1[N+](=O)[O-]. The monoisotopic (exact) mass is 315 g/mol. The molecule has 8 heteroatoms. The van der Waals surface area contributed by atoms with Crippen LogP contribution in [0.4, 0.5) is 5.69 Å². The quantitative estimate of drug-likeness (QED) is 0.368. The number of nitrogens with zero attached hydrogens (tertiary/aromatic N) is 3. The molecule has 0 spiro atoms. The maximum atomic E-state index is 11.0. The van der Waals surface area contributed by atoms with E-state index >= 15 is 0 Å². The molecule has 0 bridgehead atoms. The van der Waals surface area contributed by atoms with E-state index < -0.39 is 4.92 Å². The Morgan fingerprint density at radius 3 is 2.42 bits per heavy atom. The summed E-state index contributed by atoms with van der Waals surface area (Å²) >= 11 is 12.7. The fraction of sp³-hybridized carbons (Fsp3) is 0.0909. The van der Waals surface area contributed by atoms with Gasteiger partial charge in [-0.2, -0.15) is 0 Å². The number of aromatic nitrogens is 2. The molecule has 0 aliphatic rings. The van der Waals surface area contributed by atoms with E-state index in [1.54, 1.807) is 24.3 Å². The molecule has 0 saturated carbocycles. The highest BCUT2D eigenvalue weighted by Crippen LogP contribution is 2.35. The molecule has 0 N–H and O–H groups in total. The third kappa shape index (κ3) is 3.34. The molecule has 5 nitrogen and oxygen atoms in total. The van der Waals surface area contributed by atoms with Crippen LogP contribution in [0.15, 0.2) is 34.2 Å². The van der Waals surface area contributed by atoms with Gasteiger partial charge in [-0.15, -0.1) is 0 Å². The van der Waals surface area contributed by atoms with E-state index in [1.807, 2.05) is 0 Å². The molecule has 0 aliphatic carbocycles. The average molecular weight is 316 g/mol. The normalized spacial score (nSPS) is 10.5. The first-order valence-electron chi connectivity index (χ1n) is 5.09. The summed E-state index contributed by atoms with van der Waals surface area (Å²) < 4.78 is 0.